The summed E-state index contributed by atoms with van der Waals surface area (Å²) < 4.78 is 0. The molecule has 0 aliphatic heterocycles. The Morgan fingerprint density at radius 1 is 1.53 bits per heavy atom. The third kappa shape index (κ3) is 4.09. The van der Waals surface area contributed by atoms with E-state index in [0.717, 1.165) is 17.1 Å². The van der Waals surface area contributed by atoms with Crippen LogP contribution in [0.4, 0.5) is 0 Å². The molecule has 17 heavy (non-hydrogen) atoms. The van der Waals surface area contributed by atoms with E-state index in [1.165, 1.54) is 4.88 Å². The first kappa shape index (κ1) is 14.1. The Hall–Kier alpha value is -0.940. The van der Waals surface area contributed by atoms with Gasteiger partial charge in [-0.3, -0.25) is 9.69 Å². The van der Waals surface area contributed by atoms with Crippen LogP contribution in [0.15, 0.2) is 0 Å². The fourth-order valence-corrected chi connectivity index (χ4v) is 2.67. The summed E-state index contributed by atoms with van der Waals surface area (Å²) in [5, 5.41) is 9.97. The van der Waals surface area contributed by atoms with Crippen molar-refractivity contribution in [1.29, 1.82) is 0 Å². The van der Waals surface area contributed by atoms with Crippen molar-refractivity contribution in [2.45, 2.75) is 46.7 Å². The van der Waals surface area contributed by atoms with Crippen LogP contribution in [0.25, 0.3) is 0 Å². The minimum absolute atomic E-state index is 0.0887. The van der Waals surface area contributed by atoms with E-state index in [2.05, 4.69) is 18.8 Å². The van der Waals surface area contributed by atoms with Crippen LogP contribution in [0.2, 0.25) is 0 Å². The number of aromatic nitrogens is 1. The molecule has 1 atom stereocenters. The number of nitrogens with zero attached hydrogens (tertiary/aromatic N) is 2. The molecule has 1 aromatic rings. The molecular formula is C12H20N2O2S. The van der Waals surface area contributed by atoms with Crippen molar-refractivity contribution in [2.75, 3.05) is 6.54 Å². The summed E-state index contributed by atoms with van der Waals surface area (Å²) in [7, 11) is 0. The molecule has 1 heterocycles. The van der Waals surface area contributed by atoms with Crippen molar-refractivity contribution in [3.63, 3.8) is 0 Å². The van der Waals surface area contributed by atoms with E-state index in [1.54, 1.807) is 11.3 Å². The number of rotatable bonds is 6. The number of thiazole rings is 1. The molecule has 1 N–H and O–H groups in total. The van der Waals surface area contributed by atoms with Crippen molar-refractivity contribution in [3.05, 3.63) is 15.6 Å². The lowest BCUT2D eigenvalue weighted by Gasteiger charge is -2.26. The van der Waals surface area contributed by atoms with Gasteiger partial charge in [0.1, 0.15) is 0 Å². The molecule has 0 amide bonds. The number of hydrogen-bond acceptors (Lipinski definition) is 4. The fraction of sp³-hybridized carbons (Fsp3) is 0.667. The highest BCUT2D eigenvalue weighted by atomic mass is 32.1. The molecule has 0 aliphatic rings. The van der Waals surface area contributed by atoms with Crippen LogP contribution < -0.4 is 0 Å². The quantitative estimate of drug-likeness (QED) is 0.849. The molecule has 0 spiro atoms. The maximum absolute atomic E-state index is 10.9. The van der Waals surface area contributed by atoms with Gasteiger partial charge in [-0.2, -0.15) is 0 Å². The molecule has 0 saturated carbocycles. The molecule has 0 aliphatic carbocycles. The standard InChI is InChI=1S/C12H20N2O2S/c1-5-8(2)14(7-12(15)16)6-11-9(3)13-10(4)17-11/h8H,5-7H2,1-4H3,(H,15,16). The van der Waals surface area contributed by atoms with Crippen LogP contribution in [0.5, 0.6) is 0 Å². The van der Waals surface area contributed by atoms with Gasteiger partial charge in [0.2, 0.25) is 0 Å². The van der Waals surface area contributed by atoms with E-state index in [1.807, 2.05) is 18.7 Å². The highest BCUT2D eigenvalue weighted by molar-refractivity contribution is 7.11. The molecular weight excluding hydrogens is 236 g/mol. The maximum Gasteiger partial charge on any atom is 0.317 e. The minimum atomic E-state index is -0.774. The normalized spacial score (nSPS) is 13.0. The second-order valence-electron chi connectivity index (χ2n) is 4.30. The second-order valence-corrected chi connectivity index (χ2v) is 5.59. The SMILES string of the molecule is CCC(C)N(CC(=O)O)Cc1sc(C)nc1C. The van der Waals surface area contributed by atoms with E-state index in [0.29, 0.717) is 6.54 Å². The molecule has 0 fully saturated rings. The number of aliphatic carboxylic acids is 1. The Bertz CT molecular complexity index is 390. The second kappa shape index (κ2) is 6.12. The Balaban J connectivity index is 2.78. The molecule has 5 heteroatoms. The van der Waals surface area contributed by atoms with Gasteiger partial charge in [0, 0.05) is 17.5 Å². The number of carbonyl (C=O) groups is 1. The number of hydrogen-bond donors (Lipinski definition) is 1. The van der Waals surface area contributed by atoms with E-state index in [9.17, 15) is 4.79 Å². The van der Waals surface area contributed by atoms with Gasteiger partial charge in [0.15, 0.2) is 0 Å². The summed E-state index contributed by atoms with van der Waals surface area (Å²) in [4.78, 5) is 18.4. The maximum atomic E-state index is 10.9. The first-order valence-corrected chi connectivity index (χ1v) is 6.64. The van der Waals surface area contributed by atoms with Crippen molar-refractivity contribution >= 4 is 17.3 Å². The van der Waals surface area contributed by atoms with Crippen molar-refractivity contribution in [1.82, 2.24) is 9.88 Å². The molecule has 96 valence electrons. The van der Waals surface area contributed by atoms with Gasteiger partial charge in [0.25, 0.3) is 0 Å². The first-order valence-electron chi connectivity index (χ1n) is 5.82. The lowest BCUT2D eigenvalue weighted by molar-refractivity contribution is -0.139. The topological polar surface area (TPSA) is 53.4 Å². The zero-order valence-electron chi connectivity index (χ0n) is 10.9. The Morgan fingerprint density at radius 2 is 2.18 bits per heavy atom. The molecule has 1 rings (SSSR count). The van der Waals surface area contributed by atoms with Gasteiger partial charge in [-0.25, -0.2) is 4.98 Å². The Morgan fingerprint density at radius 3 is 2.59 bits per heavy atom. The van der Waals surface area contributed by atoms with E-state index in [4.69, 9.17) is 5.11 Å². The average molecular weight is 256 g/mol. The largest absolute Gasteiger partial charge is 0.480 e. The minimum Gasteiger partial charge on any atom is -0.480 e. The van der Waals surface area contributed by atoms with Gasteiger partial charge < -0.3 is 5.11 Å². The smallest absolute Gasteiger partial charge is 0.317 e. The molecule has 1 unspecified atom stereocenters. The Kier molecular flexibility index (Phi) is 5.08. The number of aryl methyl sites for hydroxylation is 2. The summed E-state index contributed by atoms with van der Waals surface area (Å²) in [5.41, 5.74) is 1.02. The van der Waals surface area contributed by atoms with Gasteiger partial charge in [-0.1, -0.05) is 6.92 Å². The molecule has 4 nitrogen and oxygen atoms in total. The van der Waals surface area contributed by atoms with Gasteiger partial charge in [-0.15, -0.1) is 11.3 Å². The van der Waals surface area contributed by atoms with Crippen LogP contribution >= 0.6 is 11.3 Å². The van der Waals surface area contributed by atoms with Crippen LogP contribution in [-0.2, 0) is 11.3 Å². The molecule has 0 bridgehead atoms. The molecule has 0 saturated heterocycles. The zero-order chi connectivity index (χ0) is 13.0. The average Bonchev–Trinajstić information content (AvgIpc) is 2.54. The van der Waals surface area contributed by atoms with Gasteiger partial charge in [-0.05, 0) is 27.2 Å². The zero-order valence-corrected chi connectivity index (χ0v) is 11.7. The lowest BCUT2D eigenvalue weighted by atomic mass is 10.2. The summed E-state index contributed by atoms with van der Waals surface area (Å²) in [6, 6.07) is 0.271. The lowest BCUT2D eigenvalue weighted by Crippen LogP contribution is -2.36. The van der Waals surface area contributed by atoms with Crippen LogP contribution in [0.3, 0.4) is 0 Å². The summed E-state index contributed by atoms with van der Waals surface area (Å²) in [6.07, 6.45) is 0.949. The molecule has 0 aromatic carbocycles. The number of carboxylic acid groups (broad SMARTS) is 1. The first-order chi connectivity index (χ1) is 7.93. The summed E-state index contributed by atoms with van der Waals surface area (Å²) >= 11 is 1.65. The van der Waals surface area contributed by atoms with Crippen molar-refractivity contribution < 1.29 is 9.90 Å². The third-order valence-corrected chi connectivity index (χ3v) is 3.96. The predicted molar refractivity (Wildman–Crippen MR) is 69.4 cm³/mol. The van der Waals surface area contributed by atoms with Crippen LogP contribution in [-0.4, -0.2) is 33.5 Å². The van der Waals surface area contributed by atoms with Gasteiger partial charge >= 0.3 is 5.97 Å². The highest BCUT2D eigenvalue weighted by Gasteiger charge is 2.18. The fourth-order valence-electron chi connectivity index (χ4n) is 1.70. The third-order valence-electron chi connectivity index (χ3n) is 2.90. The number of carboxylic acids is 1. The van der Waals surface area contributed by atoms with E-state index >= 15 is 0 Å². The summed E-state index contributed by atoms with van der Waals surface area (Å²) in [6.45, 7) is 8.86. The van der Waals surface area contributed by atoms with E-state index in [-0.39, 0.29) is 12.6 Å². The van der Waals surface area contributed by atoms with Crippen molar-refractivity contribution in [2.24, 2.45) is 0 Å². The van der Waals surface area contributed by atoms with Gasteiger partial charge in [0.05, 0.1) is 17.2 Å². The molecule has 0 radical (unpaired) electrons. The predicted octanol–water partition coefficient (Wildman–Crippen LogP) is 2.45. The molecule has 1 aromatic heterocycles. The van der Waals surface area contributed by atoms with Crippen molar-refractivity contribution in [3.8, 4) is 0 Å². The van der Waals surface area contributed by atoms with Crippen LogP contribution in [0, 0.1) is 13.8 Å². The van der Waals surface area contributed by atoms with E-state index < -0.39 is 5.97 Å². The highest BCUT2D eigenvalue weighted by Crippen LogP contribution is 2.20. The summed E-state index contributed by atoms with van der Waals surface area (Å²) in [5.74, 6) is -0.774. The van der Waals surface area contributed by atoms with Crippen LogP contribution in [0.1, 0.15) is 35.8 Å². The monoisotopic (exact) mass is 256 g/mol. The Labute approximate surface area is 106 Å².